The van der Waals surface area contributed by atoms with Crippen LogP contribution in [0.15, 0.2) is 35.3 Å². The van der Waals surface area contributed by atoms with E-state index >= 15 is 0 Å². The first kappa shape index (κ1) is 22.4. The number of hydrogen-bond donors (Lipinski definition) is 2. The zero-order chi connectivity index (χ0) is 20.5. The standard InChI is InChI=1S/C20H29Cl2N5O/c1-5-23-20(25-14-16-12-18(21)19(22)27(16)4)24-13-15-7-6-8-17(11-15)28-10-9-26(2)3/h6-8,11-12H,5,9-10,13-14H2,1-4H3,(H2,23,24,25). The van der Waals surface area contributed by atoms with E-state index in [-0.39, 0.29) is 0 Å². The lowest BCUT2D eigenvalue weighted by atomic mass is 10.2. The molecule has 1 aromatic heterocycles. The van der Waals surface area contributed by atoms with Gasteiger partial charge < -0.3 is 24.8 Å². The summed E-state index contributed by atoms with van der Waals surface area (Å²) >= 11 is 12.2. The number of aliphatic imine (C=N–C) groups is 1. The molecule has 0 unspecified atom stereocenters. The molecule has 154 valence electrons. The zero-order valence-corrected chi connectivity index (χ0v) is 18.4. The van der Waals surface area contributed by atoms with Gasteiger partial charge in [-0.25, -0.2) is 4.99 Å². The number of halogens is 2. The second kappa shape index (κ2) is 11.2. The first-order chi connectivity index (χ1) is 13.4. The van der Waals surface area contributed by atoms with Gasteiger partial charge in [-0.05, 0) is 44.8 Å². The van der Waals surface area contributed by atoms with Gasteiger partial charge in [-0.15, -0.1) is 0 Å². The highest BCUT2D eigenvalue weighted by atomic mass is 35.5. The third kappa shape index (κ3) is 6.93. The second-order valence-corrected chi connectivity index (χ2v) is 7.45. The molecule has 28 heavy (non-hydrogen) atoms. The maximum Gasteiger partial charge on any atom is 0.191 e. The van der Waals surface area contributed by atoms with Gasteiger partial charge in [-0.2, -0.15) is 0 Å². The van der Waals surface area contributed by atoms with E-state index in [1.807, 2.05) is 63.0 Å². The van der Waals surface area contributed by atoms with Crippen molar-refractivity contribution >= 4 is 29.2 Å². The molecule has 0 amide bonds. The minimum Gasteiger partial charge on any atom is -0.492 e. The van der Waals surface area contributed by atoms with Crippen LogP contribution in [-0.4, -0.2) is 49.2 Å². The van der Waals surface area contributed by atoms with Gasteiger partial charge in [-0.1, -0.05) is 35.3 Å². The second-order valence-electron chi connectivity index (χ2n) is 6.68. The Labute approximate surface area is 177 Å². The topological polar surface area (TPSA) is 53.8 Å². The molecule has 0 saturated heterocycles. The van der Waals surface area contributed by atoms with Crippen LogP contribution in [0.4, 0.5) is 0 Å². The van der Waals surface area contributed by atoms with Gasteiger partial charge in [0.2, 0.25) is 0 Å². The van der Waals surface area contributed by atoms with Gasteiger partial charge in [0.1, 0.15) is 17.5 Å². The highest BCUT2D eigenvalue weighted by molar-refractivity contribution is 6.41. The Kier molecular flexibility index (Phi) is 8.96. The fourth-order valence-electron chi connectivity index (χ4n) is 2.52. The van der Waals surface area contributed by atoms with Crippen molar-refractivity contribution in [2.75, 3.05) is 33.8 Å². The van der Waals surface area contributed by atoms with Crippen LogP contribution in [0, 0.1) is 0 Å². The normalized spacial score (nSPS) is 11.8. The molecule has 0 radical (unpaired) electrons. The van der Waals surface area contributed by atoms with Crippen LogP contribution in [0.2, 0.25) is 10.2 Å². The average molecular weight is 426 g/mol. The molecule has 8 heteroatoms. The number of aromatic nitrogens is 1. The molecule has 2 N–H and O–H groups in total. The Balaban J connectivity index is 1.97. The maximum atomic E-state index is 6.13. The van der Waals surface area contributed by atoms with Crippen LogP contribution in [-0.2, 0) is 20.1 Å². The summed E-state index contributed by atoms with van der Waals surface area (Å²) in [4.78, 5) is 6.76. The Bertz CT molecular complexity index is 789. The van der Waals surface area contributed by atoms with Crippen LogP contribution in [0.5, 0.6) is 5.75 Å². The summed E-state index contributed by atoms with van der Waals surface area (Å²) in [6.07, 6.45) is 0. The number of guanidine groups is 1. The molecule has 0 saturated carbocycles. The van der Waals surface area contributed by atoms with E-state index in [0.717, 1.165) is 36.1 Å². The molecule has 0 aliphatic heterocycles. The van der Waals surface area contributed by atoms with E-state index in [1.165, 1.54) is 0 Å². The number of rotatable bonds is 9. The van der Waals surface area contributed by atoms with Gasteiger partial charge in [0.15, 0.2) is 5.96 Å². The lowest BCUT2D eigenvalue weighted by molar-refractivity contribution is 0.261. The molecule has 0 aliphatic rings. The number of nitrogens with zero attached hydrogens (tertiary/aromatic N) is 3. The zero-order valence-electron chi connectivity index (χ0n) is 16.9. The summed E-state index contributed by atoms with van der Waals surface area (Å²) in [5, 5.41) is 7.65. The Morgan fingerprint density at radius 1 is 1.21 bits per heavy atom. The van der Waals surface area contributed by atoms with E-state index < -0.39 is 0 Å². The van der Waals surface area contributed by atoms with Crippen molar-refractivity contribution in [2.45, 2.75) is 20.0 Å². The summed E-state index contributed by atoms with van der Waals surface area (Å²) in [5.74, 6) is 1.59. The fraction of sp³-hybridized carbons (Fsp3) is 0.450. The van der Waals surface area contributed by atoms with E-state index in [0.29, 0.717) is 29.9 Å². The largest absolute Gasteiger partial charge is 0.492 e. The van der Waals surface area contributed by atoms with Crippen LogP contribution in [0.25, 0.3) is 0 Å². The van der Waals surface area contributed by atoms with Gasteiger partial charge in [0, 0.05) is 25.8 Å². The van der Waals surface area contributed by atoms with Crippen molar-refractivity contribution in [3.8, 4) is 5.75 Å². The third-order valence-electron chi connectivity index (χ3n) is 4.12. The van der Waals surface area contributed by atoms with Gasteiger partial charge in [-0.3, -0.25) is 0 Å². The lowest BCUT2D eigenvalue weighted by Gasteiger charge is -2.13. The van der Waals surface area contributed by atoms with E-state index in [9.17, 15) is 0 Å². The summed E-state index contributed by atoms with van der Waals surface area (Å²) in [7, 11) is 5.94. The fourth-order valence-corrected chi connectivity index (χ4v) is 2.94. The number of likely N-dealkylation sites (N-methyl/N-ethyl adjacent to an activating group) is 1. The van der Waals surface area contributed by atoms with Crippen molar-refractivity contribution < 1.29 is 4.74 Å². The summed E-state index contributed by atoms with van der Waals surface area (Å²) in [6.45, 7) is 5.47. The van der Waals surface area contributed by atoms with Crippen molar-refractivity contribution in [1.29, 1.82) is 0 Å². The van der Waals surface area contributed by atoms with Gasteiger partial charge >= 0.3 is 0 Å². The van der Waals surface area contributed by atoms with Gasteiger partial charge in [0.25, 0.3) is 0 Å². The molecule has 0 fully saturated rings. The number of benzene rings is 1. The highest BCUT2D eigenvalue weighted by Gasteiger charge is 2.09. The molecular formula is C20H29Cl2N5O. The van der Waals surface area contributed by atoms with Crippen LogP contribution >= 0.6 is 23.2 Å². The SMILES string of the molecule is CCNC(=NCc1cccc(OCCN(C)C)c1)NCc1cc(Cl)c(Cl)n1C. The van der Waals surface area contributed by atoms with Gasteiger partial charge in [0.05, 0.1) is 18.1 Å². The van der Waals surface area contributed by atoms with Crippen LogP contribution in [0.3, 0.4) is 0 Å². The predicted octanol–water partition coefficient (Wildman–Crippen LogP) is 3.53. The number of hydrogen-bond acceptors (Lipinski definition) is 3. The minimum absolute atomic E-state index is 0.534. The molecule has 0 bridgehead atoms. The van der Waals surface area contributed by atoms with E-state index in [4.69, 9.17) is 27.9 Å². The molecule has 0 spiro atoms. The Hall–Kier alpha value is -1.89. The first-order valence-corrected chi connectivity index (χ1v) is 10.0. The quantitative estimate of drug-likeness (QED) is 0.476. The lowest BCUT2D eigenvalue weighted by Crippen LogP contribution is -2.37. The molecule has 0 aliphatic carbocycles. The van der Waals surface area contributed by atoms with Crippen molar-refractivity contribution in [3.63, 3.8) is 0 Å². The predicted molar refractivity (Wildman–Crippen MR) is 118 cm³/mol. The van der Waals surface area contributed by atoms with E-state index in [2.05, 4.69) is 20.5 Å². The molecule has 2 rings (SSSR count). The molecule has 1 heterocycles. The van der Waals surface area contributed by atoms with Crippen LogP contribution < -0.4 is 15.4 Å². The Morgan fingerprint density at radius 2 is 2.00 bits per heavy atom. The highest BCUT2D eigenvalue weighted by Crippen LogP contribution is 2.24. The molecular weight excluding hydrogens is 397 g/mol. The van der Waals surface area contributed by atoms with E-state index in [1.54, 1.807) is 0 Å². The molecule has 6 nitrogen and oxygen atoms in total. The van der Waals surface area contributed by atoms with Crippen molar-refractivity contribution in [2.24, 2.45) is 12.0 Å². The van der Waals surface area contributed by atoms with Crippen LogP contribution in [0.1, 0.15) is 18.2 Å². The minimum atomic E-state index is 0.534. The maximum absolute atomic E-state index is 6.13. The summed E-state index contributed by atoms with van der Waals surface area (Å²) in [6, 6.07) is 9.89. The third-order valence-corrected chi connectivity index (χ3v) is 4.96. The average Bonchev–Trinajstić information content (AvgIpc) is 2.91. The Morgan fingerprint density at radius 3 is 2.64 bits per heavy atom. The summed E-state index contributed by atoms with van der Waals surface area (Å²) in [5.41, 5.74) is 2.07. The smallest absolute Gasteiger partial charge is 0.191 e. The number of ether oxygens (including phenoxy) is 1. The van der Waals surface area contributed by atoms with Crippen molar-refractivity contribution in [1.82, 2.24) is 20.1 Å². The monoisotopic (exact) mass is 425 g/mol. The molecule has 1 aromatic carbocycles. The first-order valence-electron chi connectivity index (χ1n) is 9.29. The van der Waals surface area contributed by atoms with Crippen molar-refractivity contribution in [3.05, 3.63) is 51.8 Å². The molecule has 2 aromatic rings. The number of nitrogens with one attached hydrogen (secondary N) is 2. The summed E-state index contributed by atoms with van der Waals surface area (Å²) < 4.78 is 7.65. The molecule has 0 atom stereocenters.